The summed E-state index contributed by atoms with van der Waals surface area (Å²) in [6.45, 7) is 11.1. The zero-order chi connectivity index (χ0) is 24.9. The lowest BCUT2D eigenvalue weighted by atomic mass is 10.1. The van der Waals surface area contributed by atoms with Crippen LogP contribution in [0.5, 0.6) is 0 Å². The second-order valence-electron chi connectivity index (χ2n) is 8.51. The summed E-state index contributed by atoms with van der Waals surface area (Å²) in [4.78, 5) is 15.8. The molecule has 35 heavy (non-hydrogen) atoms. The van der Waals surface area contributed by atoms with Gasteiger partial charge >= 0.3 is 0 Å². The molecule has 186 valence electrons. The molecular formula is C25H29Cl2FN6O. The Morgan fingerprint density at radius 1 is 1.20 bits per heavy atom. The van der Waals surface area contributed by atoms with Crippen molar-refractivity contribution in [1.29, 1.82) is 0 Å². The van der Waals surface area contributed by atoms with Crippen LogP contribution in [-0.2, 0) is 4.74 Å². The molecule has 0 amide bonds. The van der Waals surface area contributed by atoms with Crippen molar-refractivity contribution in [1.82, 2.24) is 14.8 Å². The normalized spacial score (nSPS) is 19.8. The first kappa shape index (κ1) is 25.3. The Bertz CT molecular complexity index is 1130. The van der Waals surface area contributed by atoms with E-state index in [1.165, 1.54) is 12.1 Å². The smallest absolute Gasteiger partial charge is 0.147 e. The van der Waals surface area contributed by atoms with Gasteiger partial charge in [0.1, 0.15) is 23.3 Å². The molecule has 0 unspecified atom stereocenters. The zero-order valence-electron chi connectivity index (χ0n) is 19.6. The maximum absolute atomic E-state index is 14.1. The van der Waals surface area contributed by atoms with Crippen molar-refractivity contribution in [2.24, 2.45) is 10.7 Å². The van der Waals surface area contributed by atoms with E-state index in [2.05, 4.69) is 33.2 Å². The molecule has 1 aromatic carbocycles. The lowest BCUT2D eigenvalue weighted by Gasteiger charge is -2.42. The largest absolute Gasteiger partial charge is 0.398 e. The number of aromatic nitrogens is 1. The molecule has 3 heterocycles. The molecule has 4 rings (SSSR count). The number of anilines is 1. The number of hydrogen-bond acceptors (Lipinski definition) is 6. The Morgan fingerprint density at radius 2 is 1.97 bits per heavy atom. The van der Waals surface area contributed by atoms with Crippen molar-refractivity contribution >= 4 is 40.6 Å². The Hall–Kier alpha value is -2.81. The number of pyridine rings is 1. The predicted octanol–water partition coefficient (Wildman–Crippen LogP) is 4.24. The van der Waals surface area contributed by atoms with Crippen molar-refractivity contribution in [2.75, 3.05) is 50.8 Å². The molecule has 0 saturated carbocycles. The van der Waals surface area contributed by atoms with Crippen molar-refractivity contribution < 1.29 is 9.13 Å². The molecule has 0 aliphatic carbocycles. The summed E-state index contributed by atoms with van der Waals surface area (Å²) in [6.07, 6.45) is 3.51. The van der Waals surface area contributed by atoms with Gasteiger partial charge in [-0.05, 0) is 31.2 Å². The van der Waals surface area contributed by atoms with Gasteiger partial charge in [0.25, 0.3) is 0 Å². The van der Waals surface area contributed by atoms with E-state index in [9.17, 15) is 4.39 Å². The number of morpholine rings is 1. The van der Waals surface area contributed by atoms with Crippen LogP contribution in [0.15, 0.2) is 60.0 Å². The number of aliphatic imine (C=N–C) groups is 1. The molecule has 1 aromatic heterocycles. The first-order valence-corrected chi connectivity index (χ1v) is 12.2. The molecule has 7 nitrogen and oxygen atoms in total. The summed E-state index contributed by atoms with van der Waals surface area (Å²) >= 11 is 12.2. The molecule has 2 aromatic rings. The van der Waals surface area contributed by atoms with Crippen LogP contribution >= 0.6 is 23.2 Å². The van der Waals surface area contributed by atoms with Gasteiger partial charge in [0, 0.05) is 62.3 Å². The number of halogens is 3. The van der Waals surface area contributed by atoms with Crippen LogP contribution in [0.1, 0.15) is 12.5 Å². The first-order valence-electron chi connectivity index (χ1n) is 11.5. The van der Waals surface area contributed by atoms with Gasteiger partial charge in [-0.25, -0.2) is 14.4 Å². The van der Waals surface area contributed by atoms with E-state index in [4.69, 9.17) is 38.7 Å². The highest BCUT2D eigenvalue weighted by atomic mass is 35.5. The van der Waals surface area contributed by atoms with E-state index in [1.807, 2.05) is 12.1 Å². The lowest BCUT2D eigenvalue weighted by Crippen LogP contribution is -2.54. The lowest BCUT2D eigenvalue weighted by molar-refractivity contribution is 0.0533. The fraction of sp³-hybridized carbons (Fsp3) is 0.360. The van der Waals surface area contributed by atoms with Crippen LogP contribution in [0, 0.1) is 5.82 Å². The molecule has 2 N–H and O–H groups in total. The minimum Gasteiger partial charge on any atom is -0.398 e. The van der Waals surface area contributed by atoms with E-state index in [0.29, 0.717) is 60.8 Å². The quantitative estimate of drug-likeness (QED) is 0.471. The van der Waals surface area contributed by atoms with E-state index >= 15 is 0 Å². The van der Waals surface area contributed by atoms with Gasteiger partial charge in [-0.15, -0.1) is 0 Å². The average molecular weight is 519 g/mol. The monoisotopic (exact) mass is 518 g/mol. The van der Waals surface area contributed by atoms with Crippen LogP contribution in [0.25, 0.3) is 5.70 Å². The number of hydrogen-bond donors (Lipinski definition) is 1. The van der Waals surface area contributed by atoms with Crippen LogP contribution < -0.4 is 10.6 Å². The van der Waals surface area contributed by atoms with E-state index in [-0.39, 0.29) is 11.1 Å². The number of nitrogens with two attached hydrogens (primary N) is 1. The predicted molar refractivity (Wildman–Crippen MR) is 140 cm³/mol. The maximum atomic E-state index is 14.1. The number of piperazine rings is 1. The van der Waals surface area contributed by atoms with Crippen molar-refractivity contribution in [2.45, 2.75) is 13.0 Å². The summed E-state index contributed by atoms with van der Waals surface area (Å²) in [5, 5.41) is 0.672. The van der Waals surface area contributed by atoms with Gasteiger partial charge in [-0.2, -0.15) is 0 Å². The van der Waals surface area contributed by atoms with Gasteiger partial charge in [-0.3, -0.25) is 0 Å². The standard InChI is InChI=1S/C25H29Cl2FN6O/c1-17-16-33(25-21(27)4-3-7-30-25)8-9-34(17)24(31-18(2)32-10-12-35-13-11-32)15-23(29)19-5-6-20(26)22(28)14-19/h3-7,14-15,17H,2,8-13,16,29H2,1H3/b23-15-,31-24+/t17-/m0/s1. The van der Waals surface area contributed by atoms with E-state index in [1.54, 1.807) is 18.3 Å². The Morgan fingerprint density at radius 3 is 2.66 bits per heavy atom. The summed E-state index contributed by atoms with van der Waals surface area (Å²) in [5.74, 6) is 1.54. The van der Waals surface area contributed by atoms with Gasteiger partial charge in [0.15, 0.2) is 0 Å². The Labute approximate surface area is 215 Å². The topological polar surface area (TPSA) is 70.2 Å². The third kappa shape index (κ3) is 6.07. The van der Waals surface area contributed by atoms with Crippen LogP contribution in [0.3, 0.4) is 0 Å². The molecule has 1 atom stereocenters. The fourth-order valence-corrected chi connectivity index (χ4v) is 4.56. The Balaban J connectivity index is 1.62. The molecule has 0 bridgehead atoms. The van der Waals surface area contributed by atoms with Crippen molar-refractivity contribution in [3.8, 4) is 0 Å². The molecule has 2 saturated heterocycles. The van der Waals surface area contributed by atoms with Crippen LogP contribution in [0.4, 0.5) is 10.2 Å². The summed E-state index contributed by atoms with van der Waals surface area (Å²) in [6, 6.07) is 8.25. The third-order valence-corrected chi connectivity index (χ3v) is 6.72. The summed E-state index contributed by atoms with van der Waals surface area (Å²) in [7, 11) is 0. The number of amidine groups is 1. The van der Waals surface area contributed by atoms with Gasteiger partial charge < -0.3 is 25.2 Å². The number of rotatable bonds is 5. The fourth-order valence-electron chi connectivity index (χ4n) is 4.20. The van der Waals surface area contributed by atoms with E-state index in [0.717, 1.165) is 18.9 Å². The summed E-state index contributed by atoms with van der Waals surface area (Å²) in [5.41, 5.74) is 7.32. The Kier molecular flexibility index (Phi) is 8.15. The second kappa shape index (κ2) is 11.3. The zero-order valence-corrected chi connectivity index (χ0v) is 21.1. The number of ether oxygens (including phenoxy) is 1. The maximum Gasteiger partial charge on any atom is 0.147 e. The molecule has 2 aliphatic rings. The molecule has 0 spiro atoms. The molecule has 10 heteroatoms. The highest BCUT2D eigenvalue weighted by Gasteiger charge is 2.28. The number of nitrogens with zero attached hydrogens (tertiary/aromatic N) is 5. The van der Waals surface area contributed by atoms with Crippen LogP contribution in [-0.4, -0.2) is 72.6 Å². The SMILES string of the molecule is C=C(/N=C(\C=C(/N)c1ccc(Cl)c(F)c1)N1CCN(c2ncccc2Cl)C[C@@H]1C)N1CCOCC1. The summed E-state index contributed by atoms with van der Waals surface area (Å²) < 4.78 is 19.5. The van der Waals surface area contributed by atoms with Gasteiger partial charge in [-0.1, -0.05) is 35.8 Å². The van der Waals surface area contributed by atoms with Crippen molar-refractivity contribution in [3.63, 3.8) is 0 Å². The first-order chi connectivity index (χ1) is 16.8. The van der Waals surface area contributed by atoms with E-state index < -0.39 is 5.82 Å². The minimum absolute atomic E-state index is 0.0501. The van der Waals surface area contributed by atoms with Gasteiger partial charge in [0.05, 0.1) is 23.3 Å². The van der Waals surface area contributed by atoms with Crippen molar-refractivity contribution in [3.05, 3.63) is 76.4 Å². The third-order valence-electron chi connectivity index (χ3n) is 6.12. The van der Waals surface area contributed by atoms with Crippen LogP contribution in [0.2, 0.25) is 10.0 Å². The molecular weight excluding hydrogens is 490 g/mol. The minimum atomic E-state index is -0.522. The second-order valence-corrected chi connectivity index (χ2v) is 9.33. The number of benzene rings is 1. The molecule has 0 radical (unpaired) electrons. The molecule has 2 fully saturated rings. The molecule has 2 aliphatic heterocycles. The van der Waals surface area contributed by atoms with Gasteiger partial charge in [0.2, 0.25) is 0 Å². The highest BCUT2D eigenvalue weighted by Crippen LogP contribution is 2.26. The average Bonchev–Trinajstić information content (AvgIpc) is 2.86. The highest BCUT2D eigenvalue weighted by molar-refractivity contribution is 6.33.